The highest BCUT2D eigenvalue weighted by molar-refractivity contribution is 7.80. The molecule has 0 bridgehead atoms. The van der Waals surface area contributed by atoms with Gasteiger partial charge in [0.2, 0.25) is 0 Å². The number of nitrogens with zero attached hydrogens (tertiary/aromatic N) is 3. The fourth-order valence-corrected chi connectivity index (χ4v) is 2.73. The van der Waals surface area contributed by atoms with Crippen LogP contribution in [0.1, 0.15) is 19.7 Å². The summed E-state index contributed by atoms with van der Waals surface area (Å²) in [6.07, 6.45) is 3.97. The van der Waals surface area contributed by atoms with Crippen LogP contribution >= 0.6 is 12.6 Å². The Labute approximate surface area is 103 Å². The molecule has 1 aromatic heterocycles. The van der Waals surface area contributed by atoms with Gasteiger partial charge in [0.15, 0.2) is 0 Å². The van der Waals surface area contributed by atoms with Crippen LogP contribution in [0.5, 0.6) is 0 Å². The van der Waals surface area contributed by atoms with E-state index in [1.165, 1.54) is 5.82 Å². The van der Waals surface area contributed by atoms with E-state index >= 15 is 0 Å². The smallest absolute Gasteiger partial charge is 0.122 e. The summed E-state index contributed by atoms with van der Waals surface area (Å²) >= 11 is 4.45. The predicted octanol–water partition coefficient (Wildman–Crippen LogP) is 1.90. The summed E-state index contributed by atoms with van der Waals surface area (Å²) in [6.45, 7) is 8.92. The van der Waals surface area contributed by atoms with Crippen LogP contribution in [0.2, 0.25) is 0 Å². The molecule has 0 spiro atoms. The number of imidazole rings is 1. The molecule has 1 aliphatic rings. The van der Waals surface area contributed by atoms with E-state index in [-0.39, 0.29) is 0 Å². The van der Waals surface area contributed by atoms with E-state index in [0.717, 1.165) is 31.9 Å². The van der Waals surface area contributed by atoms with E-state index in [1.54, 1.807) is 0 Å². The zero-order valence-electron chi connectivity index (χ0n) is 10.1. The fourth-order valence-electron chi connectivity index (χ4n) is 2.19. The van der Waals surface area contributed by atoms with E-state index in [0.29, 0.717) is 11.8 Å². The molecule has 0 saturated heterocycles. The van der Waals surface area contributed by atoms with Crippen molar-refractivity contribution in [3.8, 4) is 0 Å². The summed E-state index contributed by atoms with van der Waals surface area (Å²) in [6, 6.07) is 0. The largest absolute Gasteiger partial charge is 0.333 e. The van der Waals surface area contributed by atoms with E-state index < -0.39 is 0 Å². The molecular formula is C12H21N3S. The molecule has 1 atom stereocenters. The van der Waals surface area contributed by atoms with Gasteiger partial charge in [0.25, 0.3) is 0 Å². The van der Waals surface area contributed by atoms with Crippen LogP contribution in [0.3, 0.4) is 0 Å². The zero-order valence-corrected chi connectivity index (χ0v) is 11.0. The molecular weight excluding hydrogens is 218 g/mol. The Kier molecular flexibility index (Phi) is 3.92. The first kappa shape index (κ1) is 12.0. The summed E-state index contributed by atoms with van der Waals surface area (Å²) in [7, 11) is 0. The second-order valence-electron chi connectivity index (χ2n) is 4.96. The van der Waals surface area contributed by atoms with Crippen LogP contribution in [0.15, 0.2) is 12.4 Å². The van der Waals surface area contributed by atoms with Crippen molar-refractivity contribution in [3.63, 3.8) is 0 Å². The second kappa shape index (κ2) is 5.23. The average Bonchev–Trinajstić information content (AvgIpc) is 2.72. The Morgan fingerprint density at radius 1 is 1.44 bits per heavy atom. The Hall–Kier alpha value is -0.480. The molecule has 4 heteroatoms. The molecule has 0 amide bonds. The third-order valence-electron chi connectivity index (χ3n) is 3.49. The highest BCUT2D eigenvalue weighted by atomic mass is 32.1. The second-order valence-corrected chi connectivity index (χ2v) is 5.32. The van der Waals surface area contributed by atoms with E-state index in [4.69, 9.17) is 0 Å². The Morgan fingerprint density at radius 2 is 2.25 bits per heavy atom. The highest BCUT2D eigenvalue weighted by Gasteiger charge is 2.20. The van der Waals surface area contributed by atoms with Crippen molar-refractivity contribution in [3.05, 3.63) is 18.2 Å². The van der Waals surface area contributed by atoms with Gasteiger partial charge < -0.3 is 4.57 Å². The van der Waals surface area contributed by atoms with Gasteiger partial charge in [-0.3, -0.25) is 4.90 Å². The summed E-state index contributed by atoms with van der Waals surface area (Å²) < 4.78 is 2.25. The molecule has 1 aromatic rings. The first-order chi connectivity index (χ1) is 7.70. The number of rotatable bonds is 4. The minimum Gasteiger partial charge on any atom is -0.333 e. The number of aromatic nitrogens is 2. The predicted molar refractivity (Wildman–Crippen MR) is 69.7 cm³/mol. The molecule has 0 aromatic carbocycles. The first-order valence-corrected chi connectivity index (χ1v) is 6.67. The molecule has 0 fully saturated rings. The normalized spacial score (nSPS) is 18.8. The van der Waals surface area contributed by atoms with Gasteiger partial charge in [-0.25, -0.2) is 4.98 Å². The summed E-state index contributed by atoms with van der Waals surface area (Å²) in [5, 5.41) is 0. The lowest BCUT2D eigenvalue weighted by Crippen LogP contribution is -2.38. The van der Waals surface area contributed by atoms with Gasteiger partial charge >= 0.3 is 0 Å². The summed E-state index contributed by atoms with van der Waals surface area (Å²) in [5.74, 6) is 3.57. The van der Waals surface area contributed by atoms with Crippen molar-refractivity contribution >= 4 is 12.6 Å². The molecule has 0 N–H and O–H groups in total. The van der Waals surface area contributed by atoms with Crippen molar-refractivity contribution in [1.82, 2.24) is 14.5 Å². The van der Waals surface area contributed by atoms with Crippen molar-refractivity contribution in [2.75, 3.05) is 18.8 Å². The quantitative estimate of drug-likeness (QED) is 0.810. The third kappa shape index (κ3) is 2.61. The van der Waals surface area contributed by atoms with Crippen LogP contribution in [-0.4, -0.2) is 33.3 Å². The van der Waals surface area contributed by atoms with Crippen molar-refractivity contribution < 1.29 is 0 Å². The molecule has 0 saturated carbocycles. The van der Waals surface area contributed by atoms with Crippen molar-refractivity contribution in [2.24, 2.45) is 11.8 Å². The fraction of sp³-hybridized carbons (Fsp3) is 0.750. The van der Waals surface area contributed by atoms with E-state index in [9.17, 15) is 0 Å². The number of fused-ring (bicyclic) bond motifs is 1. The van der Waals surface area contributed by atoms with Gasteiger partial charge in [0.1, 0.15) is 5.82 Å². The van der Waals surface area contributed by atoms with Crippen LogP contribution < -0.4 is 0 Å². The molecule has 2 rings (SSSR count). The van der Waals surface area contributed by atoms with Crippen molar-refractivity contribution in [1.29, 1.82) is 0 Å². The molecule has 0 aliphatic carbocycles. The summed E-state index contributed by atoms with van der Waals surface area (Å²) in [5.41, 5.74) is 0. The lowest BCUT2D eigenvalue weighted by atomic mass is 9.97. The maximum atomic E-state index is 4.45. The Morgan fingerprint density at radius 3 is 2.94 bits per heavy atom. The SMILES string of the molecule is CC(C)C(CS)CN1CCn2ccnc2C1. The lowest BCUT2D eigenvalue weighted by Gasteiger charge is -2.31. The minimum atomic E-state index is 0.685. The number of hydrogen-bond donors (Lipinski definition) is 1. The van der Waals surface area contributed by atoms with Gasteiger partial charge in [0.05, 0.1) is 6.54 Å². The lowest BCUT2D eigenvalue weighted by molar-refractivity contribution is 0.174. The van der Waals surface area contributed by atoms with Crippen LogP contribution in [0.4, 0.5) is 0 Å². The molecule has 0 radical (unpaired) electrons. The van der Waals surface area contributed by atoms with Crippen LogP contribution in [-0.2, 0) is 13.1 Å². The number of thiol groups is 1. The van der Waals surface area contributed by atoms with Gasteiger partial charge in [-0.1, -0.05) is 13.8 Å². The van der Waals surface area contributed by atoms with Gasteiger partial charge in [0, 0.05) is 32.0 Å². The molecule has 3 nitrogen and oxygen atoms in total. The summed E-state index contributed by atoms with van der Waals surface area (Å²) in [4.78, 5) is 6.89. The molecule has 1 aliphatic heterocycles. The van der Waals surface area contributed by atoms with E-state index in [2.05, 4.69) is 47.1 Å². The highest BCUT2D eigenvalue weighted by Crippen LogP contribution is 2.17. The average molecular weight is 239 g/mol. The van der Waals surface area contributed by atoms with Gasteiger partial charge in [-0.05, 0) is 17.6 Å². The molecule has 1 unspecified atom stereocenters. The monoisotopic (exact) mass is 239 g/mol. The standard InChI is InChI=1S/C12H21N3S/c1-10(2)11(9-16)7-14-5-6-15-4-3-13-12(15)8-14/h3-4,10-11,16H,5-9H2,1-2H3. The number of hydrogen-bond acceptors (Lipinski definition) is 3. The topological polar surface area (TPSA) is 21.1 Å². The van der Waals surface area contributed by atoms with Gasteiger partial charge in [-0.2, -0.15) is 12.6 Å². The maximum absolute atomic E-state index is 4.45. The molecule has 16 heavy (non-hydrogen) atoms. The Bertz CT molecular complexity index is 335. The first-order valence-electron chi connectivity index (χ1n) is 6.04. The third-order valence-corrected chi connectivity index (χ3v) is 3.96. The Balaban J connectivity index is 1.93. The van der Waals surface area contributed by atoms with E-state index in [1.807, 2.05) is 6.20 Å². The zero-order chi connectivity index (χ0) is 11.5. The maximum Gasteiger partial charge on any atom is 0.122 e. The molecule has 90 valence electrons. The van der Waals surface area contributed by atoms with Crippen LogP contribution in [0.25, 0.3) is 0 Å². The van der Waals surface area contributed by atoms with Gasteiger partial charge in [-0.15, -0.1) is 0 Å². The van der Waals surface area contributed by atoms with Crippen molar-refractivity contribution in [2.45, 2.75) is 26.9 Å². The van der Waals surface area contributed by atoms with Crippen LogP contribution in [0, 0.1) is 11.8 Å². The molecule has 2 heterocycles. The minimum absolute atomic E-state index is 0.685.